The van der Waals surface area contributed by atoms with Crippen molar-refractivity contribution in [3.63, 3.8) is 0 Å². The van der Waals surface area contributed by atoms with Crippen LogP contribution in [-0.2, 0) is 26.1 Å². The fourth-order valence-corrected chi connectivity index (χ4v) is 3.79. The average Bonchev–Trinajstić information content (AvgIpc) is 3.24. The molecule has 168 valence electrons. The second-order valence-corrected chi connectivity index (χ2v) is 7.74. The highest BCUT2D eigenvalue weighted by molar-refractivity contribution is 7.90. The van der Waals surface area contributed by atoms with Gasteiger partial charge in [-0.25, -0.2) is 26.4 Å². The molecule has 0 aliphatic rings. The molecule has 11 heteroatoms. The highest BCUT2D eigenvalue weighted by Crippen LogP contribution is 2.28. The van der Waals surface area contributed by atoms with Crippen LogP contribution in [0, 0.1) is 5.82 Å². The summed E-state index contributed by atoms with van der Waals surface area (Å²) in [5, 5.41) is 17.7. The Bertz CT molecular complexity index is 1350. The minimum absolute atomic E-state index is 0.00213. The first-order chi connectivity index (χ1) is 16.7. The fourth-order valence-electron chi connectivity index (χ4n) is 2.45. The molecule has 0 saturated carbocycles. The summed E-state index contributed by atoms with van der Waals surface area (Å²) >= 11 is 0. The molecule has 2 heterocycles. The molecule has 0 aliphatic carbocycles. The predicted octanol–water partition coefficient (Wildman–Crippen LogP) is 2.36. The van der Waals surface area contributed by atoms with E-state index >= 15 is 0 Å². The fraction of sp³-hybridized carbons (Fsp3) is 0.0952. The van der Waals surface area contributed by atoms with Crippen LogP contribution in [0.3, 0.4) is 0 Å². The molecule has 0 saturated heterocycles. The molecule has 0 spiro atoms. The summed E-state index contributed by atoms with van der Waals surface area (Å²) in [6.07, 6.45) is 4.79. The van der Waals surface area contributed by atoms with Crippen LogP contribution in [0.2, 0.25) is 0 Å². The summed E-state index contributed by atoms with van der Waals surface area (Å²) in [7, 11) is -4.16. The maximum absolute atomic E-state index is 14.4. The van der Waals surface area contributed by atoms with Gasteiger partial charge in [-0.3, -0.25) is 4.98 Å². The first-order valence-electron chi connectivity index (χ1n) is 10.8. The molecule has 3 N–H and O–H groups in total. The van der Waals surface area contributed by atoms with Crippen LogP contribution < -0.4 is 5.32 Å². The van der Waals surface area contributed by atoms with Gasteiger partial charge in [-0.05, 0) is 42.9 Å². The number of carboxylic acid groups (broad SMARTS) is 2. The van der Waals surface area contributed by atoms with E-state index in [-0.39, 0.29) is 21.7 Å². The van der Waals surface area contributed by atoms with Crippen LogP contribution in [0.25, 0.3) is 11.3 Å². The molecule has 0 amide bonds. The van der Waals surface area contributed by atoms with E-state index in [4.69, 9.17) is 15.7 Å². The first-order valence-corrected chi connectivity index (χ1v) is 10.1. The lowest BCUT2D eigenvalue weighted by Crippen LogP contribution is -2.14. The quantitative estimate of drug-likeness (QED) is 0.452. The molecule has 2 aromatic heterocycles. The van der Waals surface area contributed by atoms with Gasteiger partial charge in [0.2, 0.25) is 0 Å². The van der Waals surface area contributed by atoms with Crippen molar-refractivity contribution < 1.29 is 38.1 Å². The Balaban J connectivity index is 0.000000493. The molecule has 0 fully saturated rings. The minimum Gasteiger partial charge on any atom is -0.478 e. The van der Waals surface area contributed by atoms with Gasteiger partial charge >= 0.3 is 11.9 Å². The Hall–Kier alpha value is -3.83. The van der Waals surface area contributed by atoms with Crippen molar-refractivity contribution in [2.75, 3.05) is 6.98 Å². The first kappa shape index (κ1) is 18.9. The van der Waals surface area contributed by atoms with Crippen molar-refractivity contribution in [1.82, 2.24) is 14.3 Å². The monoisotopic (exact) mass is 465 g/mol. The second-order valence-electron chi connectivity index (χ2n) is 5.93. The predicted molar refractivity (Wildman–Crippen MR) is 114 cm³/mol. The molecule has 0 bridgehead atoms. The highest BCUT2D eigenvalue weighted by Gasteiger charge is 2.23. The van der Waals surface area contributed by atoms with Gasteiger partial charge < -0.3 is 15.5 Å². The van der Waals surface area contributed by atoms with Gasteiger partial charge in [0.05, 0.1) is 5.69 Å². The lowest BCUT2D eigenvalue weighted by molar-refractivity contribution is -0.134. The van der Waals surface area contributed by atoms with E-state index in [1.165, 1.54) is 42.6 Å². The zero-order valence-corrected chi connectivity index (χ0v) is 17.0. The molecule has 0 aliphatic heterocycles. The van der Waals surface area contributed by atoms with Crippen LogP contribution >= 0.6 is 0 Å². The van der Waals surface area contributed by atoms with E-state index in [0.717, 1.165) is 16.4 Å². The number of nitrogens with zero attached hydrogens (tertiary/aromatic N) is 2. The van der Waals surface area contributed by atoms with Gasteiger partial charge in [0.25, 0.3) is 10.0 Å². The van der Waals surface area contributed by atoms with E-state index in [1.54, 1.807) is 6.07 Å². The van der Waals surface area contributed by atoms with Crippen molar-refractivity contribution in [3.8, 4) is 11.3 Å². The minimum atomic E-state index is -4.16. The number of hydrogen-bond acceptors (Lipinski definition) is 6. The Morgan fingerprint density at radius 3 is 2.47 bits per heavy atom. The van der Waals surface area contributed by atoms with Gasteiger partial charge in [-0.1, -0.05) is 12.1 Å². The van der Waals surface area contributed by atoms with E-state index in [2.05, 4.69) is 10.3 Å². The molecule has 3 rings (SSSR count). The number of aromatic nitrogens is 2. The summed E-state index contributed by atoms with van der Waals surface area (Å²) < 4.78 is 71.1. The molecule has 1 atom stereocenters. The molecule has 0 radical (unpaired) electrons. The smallest absolute Gasteiger partial charge is 0.328 e. The third-order valence-corrected chi connectivity index (χ3v) is 5.41. The summed E-state index contributed by atoms with van der Waals surface area (Å²) in [5.41, 5.74) is 0.0330. The standard InChI is InChI=1S/C17H16FN3O2S.C4H4O4/c1-19-10-13-9-17(15-6-2-3-7-16(15)18)21(12-13)24(22,23)14-5-4-8-20-11-14;5-3(6)1-2-4(7)8/h2-9,11-12,19H,10H2,1H3;1-2H,(H,5,6)(H,7,8)/b;2-1+/i1D3,10D;. The van der Waals surface area contributed by atoms with Gasteiger partial charge in [-0.15, -0.1) is 0 Å². The molecular weight excluding hydrogens is 441 g/mol. The zero-order chi connectivity index (χ0) is 27.1. The van der Waals surface area contributed by atoms with Gasteiger partial charge in [-0.2, -0.15) is 0 Å². The summed E-state index contributed by atoms with van der Waals surface area (Å²) in [4.78, 5) is 22.8. The maximum atomic E-state index is 14.4. The third kappa shape index (κ3) is 6.33. The van der Waals surface area contributed by atoms with Crippen molar-refractivity contribution in [2.24, 2.45) is 0 Å². The topological polar surface area (TPSA) is 139 Å². The Morgan fingerprint density at radius 2 is 1.91 bits per heavy atom. The Labute approximate surface area is 189 Å². The van der Waals surface area contributed by atoms with Crippen molar-refractivity contribution in [1.29, 1.82) is 0 Å². The molecule has 32 heavy (non-hydrogen) atoms. The lowest BCUT2D eigenvalue weighted by Gasteiger charge is -2.10. The van der Waals surface area contributed by atoms with Crippen LogP contribution in [0.5, 0.6) is 0 Å². The third-order valence-electron chi connectivity index (χ3n) is 3.76. The van der Waals surface area contributed by atoms with E-state index in [0.29, 0.717) is 12.2 Å². The van der Waals surface area contributed by atoms with E-state index < -0.39 is 41.3 Å². The van der Waals surface area contributed by atoms with Crippen molar-refractivity contribution in [2.45, 2.75) is 11.4 Å². The summed E-state index contributed by atoms with van der Waals surface area (Å²) in [6, 6.07) is 9.66. The summed E-state index contributed by atoms with van der Waals surface area (Å²) in [5.74, 6) is -3.17. The molecule has 3 aromatic rings. The largest absolute Gasteiger partial charge is 0.478 e. The van der Waals surface area contributed by atoms with Crippen molar-refractivity contribution >= 4 is 22.0 Å². The lowest BCUT2D eigenvalue weighted by atomic mass is 10.1. The average molecular weight is 465 g/mol. The molecule has 1 unspecified atom stereocenters. The SMILES string of the molecule is O=C(O)/C=C/C(=O)O.[2H]C(NC([2H])([2H])[2H])c1cc(-c2ccccc2F)n(S(=O)(=O)c2cccnc2)c1. The Kier molecular flexibility index (Phi) is 6.48. The normalized spacial score (nSPS) is 14.3. The second kappa shape index (κ2) is 11.0. The number of hydrogen-bond donors (Lipinski definition) is 3. The van der Waals surface area contributed by atoms with Gasteiger partial charge in [0, 0.05) is 48.3 Å². The molecular formula is C21H20FN3O6S. The number of rotatable bonds is 7. The molecule has 1 aromatic carbocycles. The van der Waals surface area contributed by atoms with Crippen LogP contribution in [0.1, 0.15) is 11.0 Å². The zero-order valence-electron chi connectivity index (χ0n) is 20.2. The number of carboxylic acids is 2. The van der Waals surface area contributed by atoms with E-state index in [9.17, 15) is 22.4 Å². The summed E-state index contributed by atoms with van der Waals surface area (Å²) in [6.45, 7) is -4.04. The number of halogens is 1. The van der Waals surface area contributed by atoms with Gasteiger partial charge in [0.15, 0.2) is 0 Å². The number of benzene rings is 1. The van der Waals surface area contributed by atoms with Crippen LogP contribution in [0.15, 0.2) is 78.1 Å². The van der Waals surface area contributed by atoms with Gasteiger partial charge in [0.1, 0.15) is 10.7 Å². The van der Waals surface area contributed by atoms with Crippen LogP contribution in [-0.4, -0.2) is 46.5 Å². The maximum Gasteiger partial charge on any atom is 0.328 e. The number of pyridine rings is 1. The van der Waals surface area contributed by atoms with E-state index in [1.807, 2.05) is 0 Å². The number of aliphatic carboxylic acids is 2. The number of nitrogens with one attached hydrogen (secondary N) is 1. The van der Waals surface area contributed by atoms with Crippen LogP contribution in [0.4, 0.5) is 4.39 Å². The Morgan fingerprint density at radius 1 is 1.22 bits per heavy atom. The number of carbonyl (C=O) groups is 2. The highest BCUT2D eigenvalue weighted by atomic mass is 32.2. The molecule has 9 nitrogen and oxygen atoms in total. The van der Waals surface area contributed by atoms with Crippen molar-refractivity contribution in [3.05, 3.63) is 84.6 Å².